The fraction of sp³-hybridized carbons (Fsp3) is 1.00. The van der Waals surface area contributed by atoms with Gasteiger partial charge in [-0.1, -0.05) is 27.7 Å². The molecule has 2 aliphatic heterocycles. The van der Waals surface area contributed by atoms with Crippen molar-refractivity contribution < 1.29 is 9.47 Å². The van der Waals surface area contributed by atoms with Gasteiger partial charge < -0.3 is 9.47 Å². The summed E-state index contributed by atoms with van der Waals surface area (Å²) in [5, 5.41) is 0. The first-order chi connectivity index (χ1) is 14.8. The average Bonchev–Trinajstić information content (AvgIpc) is 3.32. The number of hydrogen-bond donors (Lipinski definition) is 0. The monoisotopic (exact) mass is 426 g/mol. The first-order valence-electron chi connectivity index (χ1n) is 14.1. The highest BCUT2D eigenvalue weighted by molar-refractivity contribution is 5.16. The van der Waals surface area contributed by atoms with E-state index < -0.39 is 0 Å². The molecule has 0 N–H and O–H groups in total. The highest BCUT2D eigenvalue weighted by atomic mass is 16.7. The van der Waals surface area contributed by atoms with Gasteiger partial charge in [-0.15, -0.1) is 0 Å². The van der Waals surface area contributed by atoms with E-state index in [4.69, 9.17) is 9.47 Å². The lowest BCUT2D eigenvalue weighted by Crippen LogP contribution is -2.55. The van der Waals surface area contributed by atoms with Crippen molar-refractivity contribution in [1.29, 1.82) is 0 Å². The Kier molecular flexibility index (Phi) is 4.14. The lowest BCUT2D eigenvalue weighted by atomic mass is 9.43. The zero-order valence-electron chi connectivity index (χ0n) is 20.6. The van der Waals surface area contributed by atoms with E-state index in [0.29, 0.717) is 28.8 Å². The van der Waals surface area contributed by atoms with Gasteiger partial charge in [0.1, 0.15) is 0 Å². The van der Waals surface area contributed by atoms with Crippen LogP contribution in [0.15, 0.2) is 0 Å². The van der Waals surface area contributed by atoms with Crippen LogP contribution in [0.5, 0.6) is 0 Å². The molecule has 174 valence electrons. The van der Waals surface area contributed by atoms with E-state index in [1.807, 2.05) is 0 Å². The second-order valence-corrected chi connectivity index (χ2v) is 14.4. The maximum absolute atomic E-state index is 6.96. The minimum Gasteiger partial charge on any atom is -0.349 e. The van der Waals surface area contributed by atoms with E-state index in [9.17, 15) is 0 Å². The van der Waals surface area contributed by atoms with Gasteiger partial charge in [0.15, 0.2) is 5.79 Å². The summed E-state index contributed by atoms with van der Waals surface area (Å²) >= 11 is 0. The van der Waals surface area contributed by atoms with E-state index in [2.05, 4.69) is 27.7 Å². The molecule has 0 radical (unpaired) electrons. The topological polar surface area (TPSA) is 18.5 Å². The van der Waals surface area contributed by atoms with Crippen LogP contribution in [0, 0.1) is 57.7 Å². The Labute approximate surface area is 190 Å². The Balaban J connectivity index is 1.16. The molecule has 7 rings (SSSR count). The summed E-state index contributed by atoms with van der Waals surface area (Å²) in [6, 6.07) is 0. The molecule has 2 spiro atoms. The molecule has 11 unspecified atom stereocenters. The normalized spacial score (nSPS) is 61.5. The lowest BCUT2D eigenvalue weighted by molar-refractivity contribution is -0.273. The molecule has 0 aromatic rings. The minimum absolute atomic E-state index is 0.252. The third-order valence-corrected chi connectivity index (χ3v) is 13.1. The largest absolute Gasteiger partial charge is 0.349 e. The number of rotatable bonds is 0. The Morgan fingerprint density at radius 3 is 2.35 bits per heavy atom. The zero-order chi connectivity index (χ0) is 21.2. The Bertz CT molecular complexity index is 748. The molecule has 5 aliphatic carbocycles. The van der Waals surface area contributed by atoms with Gasteiger partial charge in [-0.3, -0.25) is 0 Å². The lowest BCUT2D eigenvalue weighted by Gasteiger charge is -2.62. The zero-order valence-corrected chi connectivity index (χ0v) is 20.6. The van der Waals surface area contributed by atoms with E-state index in [1.54, 1.807) is 32.1 Å². The smallest absolute Gasteiger partial charge is 0.171 e. The highest BCUT2D eigenvalue weighted by Crippen LogP contribution is 2.74. The summed E-state index contributed by atoms with van der Waals surface area (Å²) in [6.07, 6.45) is 18.0. The molecule has 0 bridgehead atoms. The third-order valence-electron chi connectivity index (χ3n) is 13.1. The van der Waals surface area contributed by atoms with Crippen LogP contribution in [0.1, 0.15) is 105 Å². The van der Waals surface area contributed by atoms with Crippen LogP contribution >= 0.6 is 0 Å². The van der Waals surface area contributed by atoms with Gasteiger partial charge in [0.2, 0.25) is 0 Å². The van der Waals surface area contributed by atoms with Gasteiger partial charge >= 0.3 is 0 Å². The molecule has 31 heavy (non-hydrogen) atoms. The molecule has 2 heteroatoms. The van der Waals surface area contributed by atoms with E-state index in [1.165, 1.54) is 38.5 Å². The first-order valence-corrected chi connectivity index (χ1v) is 14.1. The molecule has 2 saturated heterocycles. The van der Waals surface area contributed by atoms with E-state index in [0.717, 1.165) is 48.0 Å². The van der Waals surface area contributed by atoms with Gasteiger partial charge in [-0.25, -0.2) is 0 Å². The maximum atomic E-state index is 6.96. The van der Waals surface area contributed by atoms with Crippen LogP contribution in [0.3, 0.4) is 0 Å². The second-order valence-electron chi connectivity index (χ2n) is 14.4. The molecular formula is C29H46O2. The van der Waals surface area contributed by atoms with Crippen LogP contribution in [0.25, 0.3) is 0 Å². The summed E-state index contributed by atoms with van der Waals surface area (Å²) < 4.78 is 13.5. The third kappa shape index (κ3) is 2.59. The van der Waals surface area contributed by atoms with Crippen molar-refractivity contribution in [2.24, 2.45) is 57.7 Å². The summed E-state index contributed by atoms with van der Waals surface area (Å²) in [5.41, 5.74) is 1.92. The second kappa shape index (κ2) is 6.32. The van der Waals surface area contributed by atoms with Crippen molar-refractivity contribution >= 4 is 0 Å². The van der Waals surface area contributed by atoms with Crippen LogP contribution in [0.4, 0.5) is 0 Å². The Morgan fingerprint density at radius 1 is 0.774 bits per heavy atom. The van der Waals surface area contributed by atoms with Gasteiger partial charge in [0, 0.05) is 12.3 Å². The number of hydrogen-bond acceptors (Lipinski definition) is 2. The fourth-order valence-electron chi connectivity index (χ4n) is 11.3. The Morgan fingerprint density at radius 2 is 1.61 bits per heavy atom. The van der Waals surface area contributed by atoms with Crippen molar-refractivity contribution in [2.75, 3.05) is 6.61 Å². The standard InChI is InChI=1S/C29H46O2/c1-18-7-12-29(30-16-18)19(2)25-24(31-29)15-23-21-6-5-20-8-11-28(13-14-28)17-27(20,4)22(21)9-10-26(23,25)3/h18-25H,5-17H2,1-4H3. The molecule has 0 aromatic carbocycles. The SMILES string of the molecule is CC1CCC2(OC1)OC1CC3C4CCC5CCC6(CC6)CC5(C)C4CCC3(C)C1C2C. The van der Waals surface area contributed by atoms with Crippen LogP contribution < -0.4 is 0 Å². The molecule has 7 aliphatic rings. The van der Waals surface area contributed by atoms with Crippen molar-refractivity contribution in [2.45, 2.75) is 117 Å². The first kappa shape index (κ1) is 20.3. The number of ether oxygens (including phenoxy) is 2. The highest BCUT2D eigenvalue weighted by Gasteiger charge is 2.69. The molecule has 0 aromatic heterocycles. The fourth-order valence-corrected chi connectivity index (χ4v) is 11.3. The van der Waals surface area contributed by atoms with Crippen molar-refractivity contribution in [3.8, 4) is 0 Å². The molecule has 0 amide bonds. The maximum Gasteiger partial charge on any atom is 0.171 e. The summed E-state index contributed by atoms with van der Waals surface area (Å²) in [5.74, 6) is 5.63. The van der Waals surface area contributed by atoms with Crippen LogP contribution in [-0.4, -0.2) is 18.5 Å². The van der Waals surface area contributed by atoms with E-state index >= 15 is 0 Å². The van der Waals surface area contributed by atoms with Gasteiger partial charge in [-0.2, -0.15) is 0 Å². The molecular weight excluding hydrogens is 380 g/mol. The predicted octanol–water partition coefficient (Wildman–Crippen LogP) is 7.21. The molecule has 2 nitrogen and oxygen atoms in total. The van der Waals surface area contributed by atoms with Gasteiger partial charge in [0.05, 0.1) is 12.7 Å². The summed E-state index contributed by atoms with van der Waals surface area (Å²) in [6.45, 7) is 11.2. The predicted molar refractivity (Wildman–Crippen MR) is 123 cm³/mol. The Hall–Kier alpha value is -0.0800. The van der Waals surface area contributed by atoms with E-state index in [-0.39, 0.29) is 5.79 Å². The summed E-state index contributed by atoms with van der Waals surface area (Å²) in [7, 11) is 0. The quantitative estimate of drug-likeness (QED) is 0.407. The molecule has 5 saturated carbocycles. The number of fused-ring (bicyclic) bond motifs is 7. The van der Waals surface area contributed by atoms with Gasteiger partial charge in [0.25, 0.3) is 0 Å². The van der Waals surface area contributed by atoms with Crippen molar-refractivity contribution in [1.82, 2.24) is 0 Å². The summed E-state index contributed by atoms with van der Waals surface area (Å²) in [4.78, 5) is 0. The average molecular weight is 427 g/mol. The van der Waals surface area contributed by atoms with Crippen molar-refractivity contribution in [3.63, 3.8) is 0 Å². The molecule has 2 heterocycles. The van der Waals surface area contributed by atoms with Crippen LogP contribution in [-0.2, 0) is 9.47 Å². The van der Waals surface area contributed by atoms with Gasteiger partial charge in [-0.05, 0) is 122 Å². The van der Waals surface area contributed by atoms with Crippen molar-refractivity contribution in [3.05, 3.63) is 0 Å². The van der Waals surface area contributed by atoms with Crippen LogP contribution in [0.2, 0.25) is 0 Å². The minimum atomic E-state index is -0.252. The molecule has 11 atom stereocenters. The molecule has 7 fully saturated rings.